The maximum atomic E-state index is 10.9. The highest BCUT2D eigenvalue weighted by Gasteiger charge is 2.23. The van der Waals surface area contributed by atoms with Crippen LogP contribution in [0.5, 0.6) is 0 Å². The molecule has 0 radical (unpaired) electrons. The Balaban J connectivity index is 2.05. The Morgan fingerprint density at radius 1 is 1.59 bits per heavy atom. The Bertz CT molecular complexity index is 397. The van der Waals surface area contributed by atoms with Crippen LogP contribution in [0.2, 0.25) is 0 Å². The molecule has 17 heavy (non-hydrogen) atoms. The number of piperidine rings is 1. The molecule has 2 heterocycles. The van der Waals surface area contributed by atoms with Gasteiger partial charge in [-0.05, 0) is 39.9 Å². The fourth-order valence-electron chi connectivity index (χ4n) is 2.07. The molecule has 1 fully saturated rings. The Morgan fingerprint density at radius 3 is 2.82 bits per heavy atom. The topological polar surface area (TPSA) is 53.4 Å². The summed E-state index contributed by atoms with van der Waals surface area (Å²) in [5.41, 5.74) is 0.705. The summed E-state index contributed by atoms with van der Waals surface area (Å²) in [6, 6.07) is 0. The van der Waals surface area contributed by atoms with Crippen LogP contribution in [0.3, 0.4) is 0 Å². The van der Waals surface area contributed by atoms with E-state index >= 15 is 0 Å². The highest BCUT2D eigenvalue weighted by atomic mass is 32.1. The van der Waals surface area contributed by atoms with E-state index in [2.05, 4.69) is 16.9 Å². The lowest BCUT2D eigenvalue weighted by atomic mass is 9.98. The summed E-state index contributed by atoms with van der Waals surface area (Å²) in [5, 5.41) is 12.0. The van der Waals surface area contributed by atoms with Gasteiger partial charge in [-0.1, -0.05) is 0 Å². The molecule has 1 aromatic heterocycles. The van der Waals surface area contributed by atoms with Crippen molar-refractivity contribution in [2.75, 3.05) is 20.1 Å². The van der Waals surface area contributed by atoms with Gasteiger partial charge in [-0.3, -0.25) is 4.79 Å². The van der Waals surface area contributed by atoms with Crippen LogP contribution in [0.15, 0.2) is 5.38 Å². The highest BCUT2D eigenvalue weighted by Crippen LogP contribution is 2.31. The van der Waals surface area contributed by atoms with Gasteiger partial charge in [0.15, 0.2) is 0 Å². The molecule has 1 unspecified atom stereocenters. The number of hydrogen-bond acceptors (Lipinski definition) is 4. The second-order valence-electron chi connectivity index (χ2n) is 4.75. The van der Waals surface area contributed by atoms with Crippen LogP contribution >= 0.6 is 11.3 Å². The van der Waals surface area contributed by atoms with E-state index in [4.69, 9.17) is 5.11 Å². The van der Waals surface area contributed by atoms with Crippen molar-refractivity contribution in [2.45, 2.75) is 31.6 Å². The predicted molar refractivity (Wildman–Crippen MR) is 67.6 cm³/mol. The van der Waals surface area contributed by atoms with E-state index in [9.17, 15) is 4.79 Å². The third-order valence-corrected chi connectivity index (χ3v) is 4.45. The van der Waals surface area contributed by atoms with Crippen LogP contribution in [-0.4, -0.2) is 41.1 Å². The first kappa shape index (κ1) is 12.5. The van der Waals surface area contributed by atoms with Gasteiger partial charge < -0.3 is 10.0 Å². The fourth-order valence-corrected chi connectivity index (χ4v) is 3.15. The third-order valence-electron chi connectivity index (χ3n) is 3.42. The number of hydrogen-bond donors (Lipinski definition) is 1. The molecule has 4 nitrogen and oxygen atoms in total. The minimum absolute atomic E-state index is 0.494. The number of carboxylic acids is 1. The summed E-state index contributed by atoms with van der Waals surface area (Å²) < 4.78 is 0. The normalized spacial score (nSPS) is 20.4. The van der Waals surface area contributed by atoms with Crippen molar-refractivity contribution in [3.8, 4) is 0 Å². The minimum atomic E-state index is -0.801. The monoisotopic (exact) mass is 254 g/mol. The lowest BCUT2D eigenvalue weighted by molar-refractivity contribution is -0.138. The van der Waals surface area contributed by atoms with Gasteiger partial charge in [0.05, 0.1) is 16.6 Å². The van der Waals surface area contributed by atoms with Gasteiger partial charge in [-0.15, -0.1) is 11.3 Å². The van der Waals surface area contributed by atoms with Crippen molar-refractivity contribution in [3.05, 3.63) is 16.1 Å². The van der Waals surface area contributed by atoms with Crippen LogP contribution < -0.4 is 0 Å². The van der Waals surface area contributed by atoms with Crippen molar-refractivity contribution in [2.24, 2.45) is 0 Å². The Kier molecular flexibility index (Phi) is 3.79. The maximum absolute atomic E-state index is 10.9. The van der Waals surface area contributed by atoms with Crippen LogP contribution in [-0.2, 0) is 4.79 Å². The molecular formula is C12H18N2O2S. The zero-order valence-electron chi connectivity index (χ0n) is 10.2. The number of rotatable bonds is 3. The van der Waals surface area contributed by atoms with Gasteiger partial charge in [-0.2, -0.15) is 0 Å². The first-order chi connectivity index (χ1) is 8.08. The summed E-state index contributed by atoms with van der Waals surface area (Å²) in [6.45, 7) is 3.90. The lowest BCUT2D eigenvalue weighted by Gasteiger charge is -2.27. The quantitative estimate of drug-likeness (QED) is 0.898. The third kappa shape index (κ3) is 2.84. The van der Waals surface area contributed by atoms with Crippen LogP contribution in [0.1, 0.15) is 42.3 Å². The summed E-state index contributed by atoms with van der Waals surface area (Å²) in [4.78, 5) is 17.7. The average molecular weight is 254 g/mol. The molecule has 1 N–H and O–H groups in total. The molecular weight excluding hydrogens is 236 g/mol. The van der Waals surface area contributed by atoms with Crippen LogP contribution in [0, 0.1) is 0 Å². The Hall–Kier alpha value is -0.940. The number of aliphatic carboxylic acids is 1. The first-order valence-electron chi connectivity index (χ1n) is 5.94. The predicted octanol–water partition coefficient (Wildman–Crippen LogP) is 2.14. The molecule has 94 valence electrons. The molecule has 0 aromatic carbocycles. The summed E-state index contributed by atoms with van der Waals surface area (Å²) in [5.74, 6) is -0.776. The first-order valence-corrected chi connectivity index (χ1v) is 6.82. The Labute approximate surface area is 105 Å². The van der Waals surface area contributed by atoms with E-state index in [1.165, 1.54) is 0 Å². The second kappa shape index (κ2) is 5.14. The minimum Gasteiger partial charge on any atom is -0.481 e. The van der Waals surface area contributed by atoms with E-state index in [1.54, 1.807) is 18.3 Å². The number of nitrogens with zero attached hydrogens (tertiary/aromatic N) is 2. The number of carboxylic acid groups (broad SMARTS) is 1. The molecule has 1 aromatic rings. The average Bonchev–Trinajstić information content (AvgIpc) is 2.78. The fraction of sp³-hybridized carbons (Fsp3) is 0.667. The highest BCUT2D eigenvalue weighted by molar-refractivity contribution is 7.09. The Morgan fingerprint density at radius 2 is 2.24 bits per heavy atom. The maximum Gasteiger partial charge on any atom is 0.312 e. The summed E-state index contributed by atoms with van der Waals surface area (Å²) in [7, 11) is 2.13. The van der Waals surface area contributed by atoms with Crippen LogP contribution in [0.4, 0.5) is 0 Å². The molecule has 0 aliphatic carbocycles. The second-order valence-corrected chi connectivity index (χ2v) is 5.64. The molecule has 0 spiro atoms. The molecule has 1 aliphatic heterocycles. The smallest absolute Gasteiger partial charge is 0.312 e. The van der Waals surface area contributed by atoms with Gasteiger partial charge in [-0.25, -0.2) is 4.98 Å². The van der Waals surface area contributed by atoms with E-state index in [-0.39, 0.29) is 0 Å². The number of aromatic nitrogens is 1. The van der Waals surface area contributed by atoms with Gasteiger partial charge in [0.25, 0.3) is 0 Å². The molecule has 0 amide bonds. The molecule has 0 saturated carbocycles. The van der Waals surface area contributed by atoms with Crippen molar-refractivity contribution in [3.63, 3.8) is 0 Å². The van der Waals surface area contributed by atoms with E-state index in [0.29, 0.717) is 11.6 Å². The van der Waals surface area contributed by atoms with E-state index in [1.807, 2.05) is 5.38 Å². The van der Waals surface area contributed by atoms with E-state index in [0.717, 1.165) is 30.9 Å². The largest absolute Gasteiger partial charge is 0.481 e. The molecule has 2 rings (SSSR count). The van der Waals surface area contributed by atoms with Crippen molar-refractivity contribution >= 4 is 17.3 Å². The molecule has 1 saturated heterocycles. The van der Waals surface area contributed by atoms with Crippen molar-refractivity contribution in [1.82, 2.24) is 9.88 Å². The summed E-state index contributed by atoms with van der Waals surface area (Å²) >= 11 is 1.61. The standard InChI is InChI=1S/C12H18N2O2S/c1-8(12(15)16)10-7-17-11(13-10)9-3-5-14(2)6-4-9/h7-9H,3-6H2,1-2H3,(H,15,16). The number of likely N-dealkylation sites (tertiary alicyclic amines) is 1. The van der Waals surface area contributed by atoms with Gasteiger partial charge in [0, 0.05) is 11.3 Å². The van der Waals surface area contributed by atoms with Crippen molar-refractivity contribution < 1.29 is 9.90 Å². The van der Waals surface area contributed by atoms with Crippen LogP contribution in [0.25, 0.3) is 0 Å². The van der Waals surface area contributed by atoms with E-state index < -0.39 is 11.9 Å². The number of thiazole rings is 1. The molecule has 1 atom stereocenters. The molecule has 0 bridgehead atoms. The van der Waals surface area contributed by atoms with Crippen molar-refractivity contribution in [1.29, 1.82) is 0 Å². The zero-order chi connectivity index (χ0) is 12.4. The van der Waals surface area contributed by atoms with Gasteiger partial charge in [0.1, 0.15) is 0 Å². The summed E-state index contributed by atoms with van der Waals surface area (Å²) in [6.07, 6.45) is 2.26. The lowest BCUT2D eigenvalue weighted by Crippen LogP contribution is -2.29. The molecule has 1 aliphatic rings. The number of carbonyl (C=O) groups is 1. The van der Waals surface area contributed by atoms with Gasteiger partial charge in [0.2, 0.25) is 0 Å². The van der Waals surface area contributed by atoms with Gasteiger partial charge >= 0.3 is 5.97 Å². The zero-order valence-corrected chi connectivity index (χ0v) is 11.0. The SMILES string of the molecule is CC(C(=O)O)c1csc(C2CCN(C)CC2)n1. The molecule has 5 heteroatoms.